The number of hydrogen-bond acceptors (Lipinski definition) is 2. The zero-order valence-electron chi connectivity index (χ0n) is 13.1. The topological polar surface area (TPSA) is 49.4 Å². The van der Waals surface area contributed by atoms with Crippen molar-refractivity contribution in [3.63, 3.8) is 0 Å². The Bertz CT molecular complexity index is 807. The summed E-state index contributed by atoms with van der Waals surface area (Å²) < 4.78 is 1.72. The van der Waals surface area contributed by atoms with Crippen molar-refractivity contribution in [1.29, 1.82) is 0 Å². The van der Waals surface area contributed by atoms with Gasteiger partial charge in [-0.25, -0.2) is 0 Å². The first-order chi connectivity index (χ1) is 11.4. The predicted octanol–water partition coefficient (Wildman–Crippen LogP) is 4.51. The summed E-state index contributed by atoms with van der Waals surface area (Å²) in [6.07, 6.45) is 0.230. The molecule has 1 N–H and O–H groups in total. The lowest BCUT2D eigenvalue weighted by atomic mass is 10.1. The highest BCUT2D eigenvalue weighted by Crippen LogP contribution is 2.29. The smallest absolute Gasteiger partial charge is 0.229 e. The van der Waals surface area contributed by atoms with Crippen LogP contribution in [0.25, 0.3) is 0 Å². The number of anilines is 2. The fraction of sp³-hybridized carbons (Fsp3) is 0.222. The van der Waals surface area contributed by atoms with Crippen LogP contribution in [0.3, 0.4) is 0 Å². The van der Waals surface area contributed by atoms with E-state index in [2.05, 4.69) is 37.2 Å². The van der Waals surface area contributed by atoms with Crippen molar-refractivity contribution in [2.24, 2.45) is 5.92 Å². The van der Waals surface area contributed by atoms with Gasteiger partial charge in [-0.1, -0.05) is 28.1 Å². The molecule has 1 fully saturated rings. The molecule has 0 radical (unpaired) electrons. The molecular formula is C18H16Br2N2O2. The summed E-state index contributed by atoms with van der Waals surface area (Å²) >= 11 is 6.81. The van der Waals surface area contributed by atoms with E-state index in [0.29, 0.717) is 12.2 Å². The third-order valence-corrected chi connectivity index (χ3v) is 5.15. The number of halogens is 2. The van der Waals surface area contributed by atoms with E-state index in [1.54, 1.807) is 4.90 Å². The second-order valence-corrected chi connectivity index (χ2v) is 7.63. The van der Waals surface area contributed by atoms with E-state index >= 15 is 0 Å². The molecular weight excluding hydrogens is 436 g/mol. The summed E-state index contributed by atoms with van der Waals surface area (Å²) in [7, 11) is 0. The molecule has 1 saturated heterocycles. The normalized spacial score (nSPS) is 17.2. The Morgan fingerprint density at radius 2 is 2.00 bits per heavy atom. The van der Waals surface area contributed by atoms with Crippen LogP contribution in [-0.4, -0.2) is 18.4 Å². The Kier molecular flexibility index (Phi) is 5.06. The molecule has 2 amide bonds. The lowest BCUT2D eigenvalue weighted by Crippen LogP contribution is -2.28. The second kappa shape index (κ2) is 7.07. The third kappa shape index (κ3) is 3.70. The van der Waals surface area contributed by atoms with Gasteiger partial charge in [0.1, 0.15) is 0 Å². The predicted molar refractivity (Wildman–Crippen MR) is 102 cm³/mol. The van der Waals surface area contributed by atoms with E-state index in [1.165, 1.54) is 0 Å². The number of carbonyl (C=O) groups is 2. The first-order valence-corrected chi connectivity index (χ1v) is 9.15. The molecule has 0 bridgehead atoms. The van der Waals surface area contributed by atoms with Crippen LogP contribution >= 0.6 is 31.9 Å². The van der Waals surface area contributed by atoms with Crippen LogP contribution in [0.1, 0.15) is 12.0 Å². The molecule has 6 heteroatoms. The van der Waals surface area contributed by atoms with Crippen molar-refractivity contribution in [1.82, 2.24) is 0 Å². The van der Waals surface area contributed by atoms with Crippen molar-refractivity contribution in [3.8, 4) is 0 Å². The average Bonchev–Trinajstić information content (AvgIpc) is 2.92. The van der Waals surface area contributed by atoms with E-state index in [-0.39, 0.29) is 24.2 Å². The van der Waals surface area contributed by atoms with Crippen molar-refractivity contribution >= 4 is 55.0 Å². The summed E-state index contributed by atoms with van der Waals surface area (Å²) in [6, 6.07) is 13.3. The van der Waals surface area contributed by atoms with Gasteiger partial charge in [-0.2, -0.15) is 0 Å². The van der Waals surface area contributed by atoms with Crippen molar-refractivity contribution < 1.29 is 9.59 Å². The number of hydrogen-bond donors (Lipinski definition) is 1. The Morgan fingerprint density at radius 1 is 1.21 bits per heavy atom. The van der Waals surface area contributed by atoms with Crippen LogP contribution in [0.4, 0.5) is 11.4 Å². The first-order valence-electron chi connectivity index (χ1n) is 7.57. The first kappa shape index (κ1) is 17.2. The van der Waals surface area contributed by atoms with E-state index in [4.69, 9.17) is 0 Å². The fourth-order valence-electron chi connectivity index (χ4n) is 2.75. The lowest BCUT2D eigenvalue weighted by Gasteiger charge is -2.17. The molecule has 0 unspecified atom stereocenters. The zero-order valence-corrected chi connectivity index (χ0v) is 16.2. The number of benzene rings is 2. The Balaban J connectivity index is 1.72. The highest BCUT2D eigenvalue weighted by Gasteiger charge is 2.35. The highest BCUT2D eigenvalue weighted by atomic mass is 79.9. The van der Waals surface area contributed by atoms with Gasteiger partial charge in [-0.05, 0) is 58.7 Å². The van der Waals surface area contributed by atoms with Gasteiger partial charge in [-0.3, -0.25) is 9.59 Å². The van der Waals surface area contributed by atoms with Crippen LogP contribution in [0.5, 0.6) is 0 Å². The Hall–Kier alpha value is -1.66. The molecule has 0 saturated carbocycles. The van der Waals surface area contributed by atoms with Crippen LogP contribution in [0, 0.1) is 12.8 Å². The van der Waals surface area contributed by atoms with Gasteiger partial charge in [0.2, 0.25) is 11.8 Å². The van der Waals surface area contributed by atoms with Gasteiger partial charge >= 0.3 is 0 Å². The zero-order chi connectivity index (χ0) is 17.3. The summed E-state index contributed by atoms with van der Waals surface area (Å²) in [6.45, 7) is 2.39. The minimum atomic E-state index is -0.353. The molecule has 0 spiro atoms. The van der Waals surface area contributed by atoms with Gasteiger partial charge in [0.15, 0.2) is 0 Å². The van der Waals surface area contributed by atoms with Crippen LogP contribution in [0.2, 0.25) is 0 Å². The number of aryl methyl sites for hydroxylation is 1. The summed E-state index contributed by atoms with van der Waals surface area (Å²) in [5.41, 5.74) is 2.64. The van der Waals surface area contributed by atoms with Gasteiger partial charge < -0.3 is 10.2 Å². The average molecular weight is 452 g/mol. The van der Waals surface area contributed by atoms with Crippen LogP contribution in [0.15, 0.2) is 51.4 Å². The van der Waals surface area contributed by atoms with Crippen LogP contribution < -0.4 is 10.2 Å². The molecule has 2 aromatic rings. The van der Waals surface area contributed by atoms with Crippen molar-refractivity contribution in [3.05, 3.63) is 57.0 Å². The molecule has 2 aromatic carbocycles. The maximum Gasteiger partial charge on any atom is 0.229 e. The molecule has 4 nitrogen and oxygen atoms in total. The standard InChI is InChI=1S/C18H16Br2N2O2/c1-11-3-2-4-14(7-11)22-10-12(8-17(22)23)18(24)21-16-6-5-13(19)9-15(16)20/h2-7,9,12H,8,10H2,1H3,(H,21,24)/t12-/m1/s1. The molecule has 24 heavy (non-hydrogen) atoms. The largest absolute Gasteiger partial charge is 0.325 e. The second-order valence-electron chi connectivity index (χ2n) is 5.86. The molecule has 0 aromatic heterocycles. The van der Waals surface area contributed by atoms with Gasteiger partial charge in [0, 0.05) is 27.6 Å². The van der Waals surface area contributed by atoms with Gasteiger partial charge in [0.25, 0.3) is 0 Å². The number of carbonyl (C=O) groups excluding carboxylic acids is 2. The quantitative estimate of drug-likeness (QED) is 0.746. The minimum Gasteiger partial charge on any atom is -0.325 e. The molecule has 1 heterocycles. The molecule has 3 rings (SSSR count). The lowest BCUT2D eigenvalue weighted by molar-refractivity contribution is -0.122. The SMILES string of the molecule is Cc1cccc(N2C[C@H](C(=O)Nc3ccc(Br)cc3Br)CC2=O)c1. The summed E-state index contributed by atoms with van der Waals surface area (Å²) in [4.78, 5) is 26.5. The molecule has 124 valence electrons. The Morgan fingerprint density at radius 3 is 2.71 bits per heavy atom. The number of rotatable bonds is 3. The van der Waals surface area contributed by atoms with E-state index < -0.39 is 0 Å². The molecule has 1 atom stereocenters. The monoisotopic (exact) mass is 450 g/mol. The van der Waals surface area contributed by atoms with E-state index in [1.807, 2.05) is 49.4 Å². The van der Waals surface area contributed by atoms with Crippen LogP contribution in [-0.2, 0) is 9.59 Å². The van der Waals surface area contributed by atoms with E-state index in [0.717, 1.165) is 20.2 Å². The fourth-order valence-corrected chi connectivity index (χ4v) is 3.90. The van der Waals surface area contributed by atoms with Gasteiger partial charge in [-0.15, -0.1) is 0 Å². The number of amides is 2. The maximum absolute atomic E-state index is 12.5. The molecule has 0 aliphatic carbocycles. The maximum atomic E-state index is 12.5. The van der Waals surface area contributed by atoms with E-state index in [9.17, 15) is 9.59 Å². The minimum absolute atomic E-state index is 0.0179. The Labute approximate surface area is 157 Å². The third-order valence-electron chi connectivity index (χ3n) is 4.00. The summed E-state index contributed by atoms with van der Waals surface area (Å²) in [5.74, 6) is -0.509. The summed E-state index contributed by atoms with van der Waals surface area (Å²) in [5, 5.41) is 2.90. The number of nitrogens with one attached hydrogen (secondary N) is 1. The van der Waals surface area contributed by atoms with Crippen molar-refractivity contribution in [2.75, 3.05) is 16.8 Å². The number of nitrogens with zero attached hydrogens (tertiary/aromatic N) is 1. The molecule has 1 aliphatic rings. The molecule has 1 aliphatic heterocycles. The van der Waals surface area contributed by atoms with Gasteiger partial charge in [0.05, 0.1) is 11.6 Å². The highest BCUT2D eigenvalue weighted by molar-refractivity contribution is 9.11. The van der Waals surface area contributed by atoms with Crippen molar-refractivity contribution in [2.45, 2.75) is 13.3 Å².